The summed E-state index contributed by atoms with van der Waals surface area (Å²) in [5, 5.41) is 0. The zero-order valence-electron chi connectivity index (χ0n) is 17.4. The monoisotopic (exact) mass is 430 g/mol. The van der Waals surface area contributed by atoms with Crippen LogP contribution in [0, 0.1) is 0 Å². The molecule has 0 heterocycles. The summed E-state index contributed by atoms with van der Waals surface area (Å²) in [4.78, 5) is 0. The van der Waals surface area contributed by atoms with Crippen molar-refractivity contribution in [2.45, 2.75) is 18.3 Å². The van der Waals surface area contributed by atoms with Crippen LogP contribution in [-0.2, 0) is 13.6 Å². The van der Waals surface area contributed by atoms with Gasteiger partial charge in [0.15, 0.2) is 0 Å². The molecule has 3 rings (SSSR count). The van der Waals surface area contributed by atoms with Crippen molar-refractivity contribution in [1.29, 1.82) is 0 Å². The summed E-state index contributed by atoms with van der Waals surface area (Å²) in [6, 6.07) is 29.6. The molecule has 3 aromatic carbocycles. The first-order valence-corrected chi connectivity index (χ1v) is 11.2. The summed E-state index contributed by atoms with van der Waals surface area (Å²) in [6.07, 6.45) is 4.09. The number of rotatable bonds is 12. The van der Waals surface area contributed by atoms with Crippen molar-refractivity contribution in [3.8, 4) is 0 Å². The molecule has 0 aromatic heterocycles. The Kier molecular flexibility index (Phi) is 8.96. The first-order chi connectivity index (χ1) is 15.2. The Morgan fingerprint density at radius 2 is 0.742 bits per heavy atom. The van der Waals surface area contributed by atoms with E-state index < -0.39 is 8.60 Å². The summed E-state index contributed by atoms with van der Waals surface area (Å²) in [7, 11) is -1.78. The van der Waals surface area contributed by atoms with E-state index in [-0.39, 0.29) is 18.3 Å². The van der Waals surface area contributed by atoms with Crippen LogP contribution in [0.15, 0.2) is 129 Å². The van der Waals surface area contributed by atoms with Crippen molar-refractivity contribution >= 4 is 8.60 Å². The third-order valence-electron chi connectivity index (χ3n) is 4.63. The highest BCUT2D eigenvalue weighted by atomic mass is 31.2. The summed E-state index contributed by atoms with van der Waals surface area (Å²) in [5.74, 6) is 0. The molecule has 0 aliphatic heterocycles. The Balaban J connectivity index is 1.85. The van der Waals surface area contributed by atoms with Gasteiger partial charge in [0.05, 0.1) is 0 Å². The molecular formula is C27H27O3P. The Bertz CT molecular complexity index is 817. The normalized spacial score (nSPS) is 14.7. The molecule has 0 spiro atoms. The lowest BCUT2D eigenvalue weighted by atomic mass is 10.1. The fourth-order valence-electron chi connectivity index (χ4n) is 3.00. The predicted molar refractivity (Wildman–Crippen MR) is 128 cm³/mol. The third-order valence-corrected chi connectivity index (χ3v) is 5.82. The van der Waals surface area contributed by atoms with Crippen LogP contribution in [-0.4, -0.2) is 0 Å². The van der Waals surface area contributed by atoms with Crippen LogP contribution in [0.5, 0.6) is 0 Å². The van der Waals surface area contributed by atoms with Crippen molar-refractivity contribution in [2.24, 2.45) is 0 Å². The van der Waals surface area contributed by atoms with Gasteiger partial charge in [-0.1, -0.05) is 109 Å². The van der Waals surface area contributed by atoms with Gasteiger partial charge in [-0.25, -0.2) is 0 Å². The lowest BCUT2D eigenvalue weighted by Crippen LogP contribution is -2.07. The van der Waals surface area contributed by atoms with Crippen LogP contribution in [0.25, 0.3) is 0 Å². The Morgan fingerprint density at radius 1 is 0.484 bits per heavy atom. The average Bonchev–Trinajstić information content (AvgIpc) is 2.85. The van der Waals surface area contributed by atoms with Gasteiger partial charge in [-0.05, 0) is 16.7 Å². The van der Waals surface area contributed by atoms with Gasteiger partial charge in [-0.3, -0.25) is 13.6 Å². The Hall–Kier alpha value is -2.81. The van der Waals surface area contributed by atoms with Crippen LogP contribution in [0.4, 0.5) is 0 Å². The summed E-state index contributed by atoms with van der Waals surface area (Å²) >= 11 is 0. The first kappa shape index (κ1) is 22.9. The zero-order valence-corrected chi connectivity index (χ0v) is 18.3. The molecule has 3 nitrogen and oxygen atoms in total. The van der Waals surface area contributed by atoms with E-state index >= 15 is 0 Å². The van der Waals surface area contributed by atoms with Crippen molar-refractivity contribution in [3.05, 3.63) is 146 Å². The van der Waals surface area contributed by atoms with E-state index in [1.807, 2.05) is 91.0 Å². The molecule has 158 valence electrons. The standard InChI is InChI=1S/C27H27O3P/c1-4-25(22-16-10-7-11-17-22)28-31(29-26(5-2)23-18-12-8-13-19-23)30-27(6-3)24-20-14-9-15-21-24/h4-21,25-27H,1-3H2. The smallest absolute Gasteiger partial charge is 0.300 e. The molecule has 0 aliphatic carbocycles. The molecule has 3 unspecified atom stereocenters. The van der Waals surface area contributed by atoms with E-state index in [1.54, 1.807) is 18.2 Å². The number of hydrogen-bond donors (Lipinski definition) is 0. The Morgan fingerprint density at radius 3 is 0.968 bits per heavy atom. The molecule has 0 aliphatic rings. The molecule has 0 radical (unpaired) electrons. The molecule has 3 aromatic rings. The highest BCUT2D eigenvalue weighted by Crippen LogP contribution is 2.52. The van der Waals surface area contributed by atoms with Crippen molar-refractivity contribution in [2.75, 3.05) is 0 Å². The third kappa shape index (κ3) is 6.58. The van der Waals surface area contributed by atoms with Crippen LogP contribution in [0.2, 0.25) is 0 Å². The SMILES string of the molecule is C=CC(OP(OC(C=C)c1ccccc1)OC(C=C)c1ccccc1)c1ccccc1. The number of benzene rings is 3. The van der Waals surface area contributed by atoms with Crippen molar-refractivity contribution in [3.63, 3.8) is 0 Å². The largest absolute Gasteiger partial charge is 0.335 e. The van der Waals surface area contributed by atoms with Crippen LogP contribution >= 0.6 is 8.60 Å². The van der Waals surface area contributed by atoms with Gasteiger partial charge in [-0.15, -0.1) is 19.7 Å². The van der Waals surface area contributed by atoms with Gasteiger partial charge in [0.2, 0.25) is 0 Å². The van der Waals surface area contributed by atoms with E-state index in [1.165, 1.54) is 0 Å². The minimum absolute atomic E-state index is 0.380. The van der Waals surface area contributed by atoms with Crippen LogP contribution < -0.4 is 0 Å². The molecule has 31 heavy (non-hydrogen) atoms. The molecule has 0 amide bonds. The highest BCUT2D eigenvalue weighted by molar-refractivity contribution is 7.41. The van der Waals surface area contributed by atoms with Gasteiger partial charge in [-0.2, -0.15) is 0 Å². The molecule has 0 saturated carbocycles. The summed E-state index contributed by atoms with van der Waals surface area (Å²) < 4.78 is 18.9. The zero-order chi connectivity index (χ0) is 21.9. The fraction of sp³-hybridized carbons (Fsp3) is 0.111. The van der Waals surface area contributed by atoms with E-state index in [9.17, 15) is 0 Å². The molecule has 0 saturated heterocycles. The molecule has 0 N–H and O–H groups in total. The van der Waals surface area contributed by atoms with Crippen LogP contribution in [0.1, 0.15) is 35.0 Å². The van der Waals surface area contributed by atoms with Crippen LogP contribution in [0.3, 0.4) is 0 Å². The van der Waals surface area contributed by atoms with E-state index in [0.29, 0.717) is 0 Å². The molecule has 3 atom stereocenters. The summed E-state index contributed by atoms with van der Waals surface area (Å²) in [6.45, 7) is 11.8. The predicted octanol–water partition coefficient (Wildman–Crippen LogP) is 8.05. The van der Waals surface area contributed by atoms with E-state index in [4.69, 9.17) is 13.6 Å². The molecular weight excluding hydrogens is 403 g/mol. The van der Waals surface area contributed by atoms with Crippen molar-refractivity contribution < 1.29 is 13.6 Å². The lowest BCUT2D eigenvalue weighted by Gasteiger charge is -2.27. The van der Waals surface area contributed by atoms with Gasteiger partial charge < -0.3 is 0 Å². The first-order valence-electron chi connectivity index (χ1n) is 10.1. The maximum absolute atomic E-state index is 6.30. The second kappa shape index (κ2) is 12.1. The summed E-state index contributed by atoms with van der Waals surface area (Å²) in [5.41, 5.74) is 2.92. The quantitative estimate of drug-likeness (QED) is 0.215. The highest BCUT2D eigenvalue weighted by Gasteiger charge is 2.26. The van der Waals surface area contributed by atoms with Gasteiger partial charge in [0.25, 0.3) is 0 Å². The topological polar surface area (TPSA) is 27.7 Å². The van der Waals surface area contributed by atoms with Gasteiger partial charge >= 0.3 is 8.60 Å². The number of hydrogen-bond acceptors (Lipinski definition) is 3. The van der Waals surface area contributed by atoms with E-state index in [2.05, 4.69) is 19.7 Å². The average molecular weight is 430 g/mol. The second-order valence-corrected chi connectivity index (χ2v) is 7.82. The minimum Gasteiger partial charge on any atom is -0.300 e. The lowest BCUT2D eigenvalue weighted by molar-refractivity contribution is 0.102. The fourth-order valence-corrected chi connectivity index (χ4v) is 4.33. The Labute approximate surface area is 186 Å². The van der Waals surface area contributed by atoms with Crippen molar-refractivity contribution in [1.82, 2.24) is 0 Å². The maximum atomic E-state index is 6.30. The molecule has 0 fully saturated rings. The molecule has 0 bridgehead atoms. The van der Waals surface area contributed by atoms with Gasteiger partial charge in [0.1, 0.15) is 18.3 Å². The maximum Gasteiger partial charge on any atom is 0.335 e. The molecule has 4 heteroatoms. The van der Waals surface area contributed by atoms with Gasteiger partial charge in [0, 0.05) is 0 Å². The minimum atomic E-state index is -1.78. The van der Waals surface area contributed by atoms with E-state index in [0.717, 1.165) is 16.7 Å². The second-order valence-electron chi connectivity index (χ2n) is 6.74.